The maximum Gasteiger partial charge on any atom is 0.242 e. The first-order valence-corrected chi connectivity index (χ1v) is 5.90. The molecule has 0 bridgehead atoms. The Labute approximate surface area is 104 Å². The predicted octanol–water partition coefficient (Wildman–Crippen LogP) is 1.95. The molecule has 0 radical (unpaired) electrons. The molecule has 1 fully saturated rings. The molecule has 0 aromatic carbocycles. The fraction of sp³-hybridized carbons (Fsp3) is 0.846. The molecule has 1 aliphatic heterocycles. The Morgan fingerprint density at radius 1 is 1.24 bits per heavy atom. The Morgan fingerprint density at radius 3 is 2.00 bits per heavy atom. The number of nitriles is 1. The first-order chi connectivity index (χ1) is 7.49. The molecule has 0 aliphatic carbocycles. The molecular weight excluding hydrogens is 216 g/mol. The molecule has 17 heavy (non-hydrogen) atoms. The standard InChI is InChI=1S/C13H22N2O2/c1-11(2,7-14)10(16)15-8-12(3,4)17-13(5,6)9-15/h8-9H2,1-6H3. The van der Waals surface area contributed by atoms with E-state index in [4.69, 9.17) is 10.00 Å². The summed E-state index contributed by atoms with van der Waals surface area (Å²) in [6.45, 7) is 12.2. The smallest absolute Gasteiger partial charge is 0.242 e. The van der Waals surface area contributed by atoms with Gasteiger partial charge in [0.2, 0.25) is 5.91 Å². The lowest BCUT2D eigenvalue weighted by Gasteiger charge is -2.48. The third-order valence-electron chi connectivity index (χ3n) is 2.80. The number of amides is 1. The second-order valence-corrected chi connectivity index (χ2v) is 6.52. The molecule has 0 unspecified atom stereocenters. The van der Waals surface area contributed by atoms with E-state index in [1.807, 2.05) is 27.7 Å². The first-order valence-electron chi connectivity index (χ1n) is 5.90. The van der Waals surface area contributed by atoms with Crippen molar-refractivity contribution < 1.29 is 9.53 Å². The van der Waals surface area contributed by atoms with Crippen molar-refractivity contribution in [1.82, 2.24) is 4.90 Å². The largest absolute Gasteiger partial charge is 0.366 e. The van der Waals surface area contributed by atoms with Crippen molar-refractivity contribution in [2.45, 2.75) is 52.7 Å². The van der Waals surface area contributed by atoms with E-state index in [-0.39, 0.29) is 17.1 Å². The van der Waals surface area contributed by atoms with Gasteiger partial charge in [-0.1, -0.05) is 0 Å². The number of carbonyl (C=O) groups excluding carboxylic acids is 1. The molecule has 4 nitrogen and oxygen atoms in total. The lowest BCUT2D eigenvalue weighted by molar-refractivity contribution is -0.191. The Kier molecular flexibility index (Phi) is 3.28. The van der Waals surface area contributed by atoms with E-state index in [1.165, 1.54) is 0 Å². The average molecular weight is 238 g/mol. The van der Waals surface area contributed by atoms with Crippen LogP contribution in [-0.4, -0.2) is 35.1 Å². The topological polar surface area (TPSA) is 53.3 Å². The summed E-state index contributed by atoms with van der Waals surface area (Å²) in [7, 11) is 0. The summed E-state index contributed by atoms with van der Waals surface area (Å²) in [6.07, 6.45) is 0. The number of ether oxygens (including phenoxy) is 1. The molecule has 96 valence electrons. The molecule has 1 aliphatic rings. The minimum Gasteiger partial charge on any atom is -0.366 e. The number of hydrogen-bond donors (Lipinski definition) is 0. The third-order valence-corrected chi connectivity index (χ3v) is 2.80. The molecule has 1 saturated heterocycles. The van der Waals surface area contributed by atoms with Crippen LogP contribution in [0.5, 0.6) is 0 Å². The fourth-order valence-corrected chi connectivity index (χ4v) is 2.37. The SMILES string of the molecule is CC1(C)CN(C(=O)C(C)(C)C#N)CC(C)(C)O1. The highest BCUT2D eigenvalue weighted by Gasteiger charge is 2.43. The number of morpholine rings is 1. The van der Waals surface area contributed by atoms with Gasteiger partial charge in [-0.25, -0.2) is 0 Å². The van der Waals surface area contributed by atoms with Gasteiger partial charge in [0.15, 0.2) is 0 Å². The Balaban J connectivity index is 2.93. The fourth-order valence-electron chi connectivity index (χ4n) is 2.37. The predicted molar refractivity (Wildman–Crippen MR) is 65.2 cm³/mol. The van der Waals surface area contributed by atoms with Crippen molar-refractivity contribution in [1.29, 1.82) is 5.26 Å². The molecular formula is C13H22N2O2. The maximum absolute atomic E-state index is 12.3. The quantitative estimate of drug-likeness (QED) is 0.701. The van der Waals surface area contributed by atoms with Gasteiger partial charge in [0.1, 0.15) is 5.41 Å². The van der Waals surface area contributed by atoms with Crippen molar-refractivity contribution in [3.63, 3.8) is 0 Å². The minimum atomic E-state index is -0.969. The Hall–Kier alpha value is -1.08. The number of hydrogen-bond acceptors (Lipinski definition) is 3. The van der Waals surface area contributed by atoms with Crippen LogP contribution >= 0.6 is 0 Å². The van der Waals surface area contributed by atoms with Gasteiger partial charge >= 0.3 is 0 Å². The lowest BCUT2D eigenvalue weighted by Crippen LogP contribution is -2.60. The van der Waals surface area contributed by atoms with Crippen LogP contribution in [0.2, 0.25) is 0 Å². The van der Waals surface area contributed by atoms with Gasteiger partial charge in [0.05, 0.1) is 17.3 Å². The van der Waals surface area contributed by atoms with E-state index in [2.05, 4.69) is 6.07 Å². The van der Waals surface area contributed by atoms with E-state index >= 15 is 0 Å². The van der Waals surface area contributed by atoms with Gasteiger partial charge in [0, 0.05) is 13.1 Å². The molecule has 0 aromatic rings. The third kappa shape index (κ3) is 3.19. The second-order valence-electron chi connectivity index (χ2n) is 6.52. The lowest BCUT2D eigenvalue weighted by atomic mass is 9.90. The van der Waals surface area contributed by atoms with Gasteiger partial charge in [-0.3, -0.25) is 4.79 Å². The van der Waals surface area contributed by atoms with Crippen LogP contribution in [0.25, 0.3) is 0 Å². The molecule has 1 amide bonds. The van der Waals surface area contributed by atoms with Crippen LogP contribution in [0.15, 0.2) is 0 Å². The van der Waals surface area contributed by atoms with Gasteiger partial charge in [-0.15, -0.1) is 0 Å². The van der Waals surface area contributed by atoms with Gasteiger partial charge in [0.25, 0.3) is 0 Å². The second kappa shape index (κ2) is 3.99. The molecule has 1 heterocycles. The maximum atomic E-state index is 12.3. The number of carbonyl (C=O) groups is 1. The van der Waals surface area contributed by atoms with Crippen molar-refractivity contribution in [3.05, 3.63) is 0 Å². The molecule has 1 rings (SSSR count). The molecule has 0 N–H and O–H groups in total. The normalized spacial score (nSPS) is 23.0. The molecule has 4 heteroatoms. The summed E-state index contributed by atoms with van der Waals surface area (Å²) in [5.74, 6) is -0.121. The average Bonchev–Trinajstić information content (AvgIpc) is 2.11. The van der Waals surface area contributed by atoms with Crippen LogP contribution in [0, 0.1) is 16.7 Å². The van der Waals surface area contributed by atoms with Gasteiger partial charge in [-0.05, 0) is 41.5 Å². The summed E-state index contributed by atoms with van der Waals surface area (Å²) >= 11 is 0. The van der Waals surface area contributed by atoms with Crippen molar-refractivity contribution in [2.75, 3.05) is 13.1 Å². The van der Waals surface area contributed by atoms with Crippen molar-refractivity contribution >= 4 is 5.91 Å². The highest BCUT2D eigenvalue weighted by atomic mass is 16.5. The van der Waals surface area contributed by atoms with E-state index in [0.29, 0.717) is 13.1 Å². The van der Waals surface area contributed by atoms with Crippen molar-refractivity contribution in [3.8, 4) is 6.07 Å². The summed E-state index contributed by atoms with van der Waals surface area (Å²) in [6, 6.07) is 2.06. The summed E-state index contributed by atoms with van der Waals surface area (Å²) < 4.78 is 5.91. The Bertz CT molecular complexity index is 348. The zero-order chi connectivity index (χ0) is 13.5. The highest BCUT2D eigenvalue weighted by molar-refractivity contribution is 5.84. The van der Waals surface area contributed by atoms with Gasteiger partial charge in [-0.2, -0.15) is 5.26 Å². The summed E-state index contributed by atoms with van der Waals surface area (Å²) in [4.78, 5) is 14.0. The molecule has 0 spiro atoms. The van der Waals surface area contributed by atoms with Gasteiger partial charge < -0.3 is 9.64 Å². The number of rotatable bonds is 1. The van der Waals surface area contributed by atoms with Crippen LogP contribution < -0.4 is 0 Å². The molecule has 0 aromatic heterocycles. The van der Waals surface area contributed by atoms with Crippen molar-refractivity contribution in [2.24, 2.45) is 5.41 Å². The highest BCUT2D eigenvalue weighted by Crippen LogP contribution is 2.30. The van der Waals surface area contributed by atoms with E-state index in [0.717, 1.165) is 0 Å². The summed E-state index contributed by atoms with van der Waals surface area (Å²) in [5.41, 5.74) is -1.71. The zero-order valence-corrected chi connectivity index (χ0v) is 11.6. The van der Waals surface area contributed by atoms with Crippen LogP contribution in [0.1, 0.15) is 41.5 Å². The van der Waals surface area contributed by atoms with E-state index < -0.39 is 5.41 Å². The Morgan fingerprint density at radius 2 is 1.65 bits per heavy atom. The molecule has 0 saturated carbocycles. The summed E-state index contributed by atoms with van der Waals surface area (Å²) in [5, 5.41) is 9.03. The van der Waals surface area contributed by atoms with Crippen LogP contribution in [0.3, 0.4) is 0 Å². The van der Waals surface area contributed by atoms with Crippen LogP contribution in [0.4, 0.5) is 0 Å². The molecule has 0 atom stereocenters. The monoisotopic (exact) mass is 238 g/mol. The van der Waals surface area contributed by atoms with Crippen LogP contribution in [-0.2, 0) is 9.53 Å². The first kappa shape index (κ1) is 14.0. The minimum absolute atomic E-state index is 0.121. The van der Waals surface area contributed by atoms with E-state index in [9.17, 15) is 4.79 Å². The number of nitrogens with zero attached hydrogens (tertiary/aromatic N) is 2. The van der Waals surface area contributed by atoms with E-state index in [1.54, 1.807) is 18.7 Å². The zero-order valence-electron chi connectivity index (χ0n) is 11.6.